The Labute approximate surface area is 181 Å². The first-order valence-corrected chi connectivity index (χ1v) is 10.9. The van der Waals surface area contributed by atoms with Crippen LogP contribution in [0.25, 0.3) is 0 Å². The van der Waals surface area contributed by atoms with Gasteiger partial charge in [-0.1, -0.05) is 35.9 Å². The highest BCUT2D eigenvalue weighted by Gasteiger charge is 2.20. The number of rotatable bonds is 7. The molecule has 0 aliphatic carbocycles. The monoisotopic (exact) mass is 444 g/mol. The van der Waals surface area contributed by atoms with Crippen LogP contribution in [0.1, 0.15) is 5.56 Å². The van der Waals surface area contributed by atoms with Crippen molar-refractivity contribution in [2.24, 2.45) is 0 Å². The molecule has 0 atom stereocenters. The molecule has 3 aromatic rings. The zero-order valence-electron chi connectivity index (χ0n) is 16.5. The molecule has 0 bridgehead atoms. The number of carbonyl (C=O) groups excluding carboxylic acids is 1. The highest BCUT2D eigenvalue weighted by molar-refractivity contribution is 7.92. The van der Waals surface area contributed by atoms with Crippen molar-refractivity contribution >= 4 is 38.9 Å². The molecule has 0 aliphatic rings. The number of anilines is 2. The second-order valence-electron chi connectivity index (χ2n) is 6.58. The molecule has 0 saturated carbocycles. The average Bonchev–Trinajstić information content (AvgIpc) is 2.75. The molecule has 0 aliphatic heterocycles. The van der Waals surface area contributed by atoms with E-state index < -0.39 is 10.0 Å². The molecule has 0 fully saturated rings. The topological polar surface area (TPSA) is 75.7 Å². The summed E-state index contributed by atoms with van der Waals surface area (Å²) >= 11 is 5.96. The number of nitrogens with one attached hydrogen (secondary N) is 1. The smallest absolute Gasteiger partial charge is 0.264 e. The van der Waals surface area contributed by atoms with Gasteiger partial charge < -0.3 is 10.1 Å². The molecule has 0 radical (unpaired) electrons. The molecule has 0 spiro atoms. The molecule has 0 heterocycles. The van der Waals surface area contributed by atoms with Gasteiger partial charge in [0.25, 0.3) is 15.9 Å². The largest absolute Gasteiger partial charge is 0.484 e. The van der Waals surface area contributed by atoms with Crippen LogP contribution >= 0.6 is 11.6 Å². The van der Waals surface area contributed by atoms with Gasteiger partial charge in [-0.25, -0.2) is 8.42 Å². The summed E-state index contributed by atoms with van der Waals surface area (Å²) in [5, 5.41) is 3.28. The molecule has 3 rings (SSSR count). The number of nitrogens with zero attached hydrogens (tertiary/aromatic N) is 1. The second kappa shape index (κ2) is 9.19. The summed E-state index contributed by atoms with van der Waals surface area (Å²) in [5.74, 6) is 0.121. The third-order valence-corrected chi connectivity index (χ3v) is 6.48. The Morgan fingerprint density at radius 3 is 2.37 bits per heavy atom. The van der Waals surface area contributed by atoms with Gasteiger partial charge in [-0.05, 0) is 61.0 Å². The fourth-order valence-electron chi connectivity index (χ4n) is 2.71. The minimum absolute atomic E-state index is 0.191. The number of benzene rings is 3. The van der Waals surface area contributed by atoms with E-state index in [-0.39, 0.29) is 17.4 Å². The maximum absolute atomic E-state index is 12.7. The normalized spacial score (nSPS) is 11.0. The van der Waals surface area contributed by atoms with E-state index in [0.29, 0.717) is 22.1 Å². The zero-order chi connectivity index (χ0) is 21.7. The van der Waals surface area contributed by atoms with Gasteiger partial charge in [0.15, 0.2) is 6.61 Å². The average molecular weight is 445 g/mol. The maximum atomic E-state index is 12.7. The minimum Gasteiger partial charge on any atom is -0.484 e. The van der Waals surface area contributed by atoms with Gasteiger partial charge >= 0.3 is 0 Å². The molecule has 1 amide bonds. The number of aryl methyl sites for hydroxylation is 1. The van der Waals surface area contributed by atoms with Crippen LogP contribution in [0.4, 0.5) is 11.4 Å². The van der Waals surface area contributed by atoms with Crippen molar-refractivity contribution in [3.8, 4) is 5.75 Å². The second-order valence-corrected chi connectivity index (χ2v) is 8.98. The van der Waals surface area contributed by atoms with Crippen LogP contribution in [-0.2, 0) is 14.8 Å². The summed E-state index contributed by atoms with van der Waals surface area (Å²) in [5.41, 5.74) is 1.99. The molecule has 8 heteroatoms. The van der Waals surface area contributed by atoms with E-state index in [1.807, 2.05) is 13.0 Å². The van der Waals surface area contributed by atoms with Crippen molar-refractivity contribution in [2.75, 3.05) is 23.3 Å². The van der Waals surface area contributed by atoms with Crippen LogP contribution in [0, 0.1) is 6.92 Å². The van der Waals surface area contributed by atoms with Crippen LogP contribution in [0.15, 0.2) is 77.7 Å². The summed E-state index contributed by atoms with van der Waals surface area (Å²) in [6.45, 7) is 1.68. The molecular formula is C22H21ClN2O4S. The SMILES string of the molecule is Cc1ccc(Cl)cc1NC(=O)COc1ccc(N(C)S(=O)(=O)c2ccccc2)cc1. The van der Waals surface area contributed by atoms with E-state index >= 15 is 0 Å². The maximum Gasteiger partial charge on any atom is 0.264 e. The van der Waals surface area contributed by atoms with Gasteiger partial charge in [0, 0.05) is 17.8 Å². The molecule has 1 N–H and O–H groups in total. The molecule has 0 aromatic heterocycles. The fraction of sp³-hybridized carbons (Fsp3) is 0.136. The van der Waals surface area contributed by atoms with Gasteiger partial charge in [0.1, 0.15) is 5.75 Å². The van der Waals surface area contributed by atoms with E-state index in [9.17, 15) is 13.2 Å². The number of ether oxygens (including phenoxy) is 1. The molecule has 3 aromatic carbocycles. The van der Waals surface area contributed by atoms with Crippen LogP contribution in [-0.4, -0.2) is 28.0 Å². The third-order valence-electron chi connectivity index (χ3n) is 4.45. The standard InChI is InChI=1S/C22H21ClN2O4S/c1-16-8-9-17(23)14-21(16)24-22(26)15-29-19-12-10-18(11-13-19)25(2)30(27,28)20-6-4-3-5-7-20/h3-14H,15H2,1-2H3,(H,24,26). The van der Waals surface area contributed by atoms with Crippen molar-refractivity contribution in [2.45, 2.75) is 11.8 Å². The Kier molecular flexibility index (Phi) is 6.64. The Morgan fingerprint density at radius 1 is 1.03 bits per heavy atom. The van der Waals surface area contributed by atoms with E-state index in [2.05, 4.69) is 5.32 Å². The van der Waals surface area contributed by atoms with Crippen molar-refractivity contribution in [1.29, 1.82) is 0 Å². The van der Waals surface area contributed by atoms with Gasteiger partial charge in [0.05, 0.1) is 10.6 Å². The quantitative estimate of drug-likeness (QED) is 0.582. The highest BCUT2D eigenvalue weighted by Crippen LogP contribution is 2.24. The number of carbonyl (C=O) groups is 1. The van der Waals surface area contributed by atoms with Crippen molar-refractivity contribution < 1.29 is 17.9 Å². The lowest BCUT2D eigenvalue weighted by atomic mass is 10.2. The van der Waals surface area contributed by atoms with E-state index in [0.717, 1.165) is 5.56 Å². The highest BCUT2D eigenvalue weighted by atomic mass is 35.5. The minimum atomic E-state index is -3.66. The lowest BCUT2D eigenvalue weighted by molar-refractivity contribution is -0.118. The van der Waals surface area contributed by atoms with E-state index in [1.165, 1.54) is 11.4 Å². The first-order chi connectivity index (χ1) is 14.3. The van der Waals surface area contributed by atoms with Crippen molar-refractivity contribution in [1.82, 2.24) is 0 Å². The third kappa shape index (κ3) is 5.11. The van der Waals surface area contributed by atoms with E-state index in [1.54, 1.807) is 66.7 Å². The zero-order valence-corrected chi connectivity index (χ0v) is 18.1. The molecule has 30 heavy (non-hydrogen) atoms. The number of hydrogen-bond donors (Lipinski definition) is 1. The Bertz CT molecular complexity index is 1130. The van der Waals surface area contributed by atoms with Crippen LogP contribution < -0.4 is 14.4 Å². The van der Waals surface area contributed by atoms with Gasteiger partial charge in [-0.15, -0.1) is 0 Å². The number of halogens is 1. The summed E-state index contributed by atoms with van der Waals surface area (Å²) < 4.78 is 32.1. The van der Waals surface area contributed by atoms with Crippen LogP contribution in [0.2, 0.25) is 5.02 Å². The molecule has 0 unspecified atom stereocenters. The lowest BCUT2D eigenvalue weighted by Gasteiger charge is -2.19. The summed E-state index contributed by atoms with van der Waals surface area (Å²) in [4.78, 5) is 12.4. The number of hydrogen-bond acceptors (Lipinski definition) is 4. The number of amides is 1. The lowest BCUT2D eigenvalue weighted by Crippen LogP contribution is -2.26. The first kappa shape index (κ1) is 21.7. The fourth-order valence-corrected chi connectivity index (χ4v) is 4.09. The predicted molar refractivity (Wildman–Crippen MR) is 119 cm³/mol. The summed E-state index contributed by atoms with van der Waals surface area (Å²) in [6, 6.07) is 19.9. The Balaban J connectivity index is 1.62. The van der Waals surface area contributed by atoms with Gasteiger partial charge in [0.2, 0.25) is 0 Å². The van der Waals surface area contributed by atoms with Gasteiger partial charge in [-0.2, -0.15) is 0 Å². The molecule has 156 valence electrons. The van der Waals surface area contributed by atoms with Crippen molar-refractivity contribution in [3.63, 3.8) is 0 Å². The molecular weight excluding hydrogens is 424 g/mol. The summed E-state index contributed by atoms with van der Waals surface area (Å²) in [7, 11) is -2.17. The Hall–Kier alpha value is -3.03. The first-order valence-electron chi connectivity index (χ1n) is 9.10. The molecule has 0 saturated heterocycles. The van der Waals surface area contributed by atoms with Gasteiger partial charge in [-0.3, -0.25) is 9.10 Å². The van der Waals surface area contributed by atoms with E-state index in [4.69, 9.17) is 16.3 Å². The van der Waals surface area contributed by atoms with Crippen LogP contribution in [0.3, 0.4) is 0 Å². The van der Waals surface area contributed by atoms with Crippen LogP contribution in [0.5, 0.6) is 5.75 Å². The predicted octanol–water partition coefficient (Wildman–Crippen LogP) is 4.49. The summed E-state index contributed by atoms with van der Waals surface area (Å²) in [6.07, 6.45) is 0. The Morgan fingerprint density at radius 2 is 1.70 bits per heavy atom. The molecule has 6 nitrogen and oxygen atoms in total. The van der Waals surface area contributed by atoms with Crippen molar-refractivity contribution in [3.05, 3.63) is 83.4 Å². The number of sulfonamides is 1.